The van der Waals surface area contributed by atoms with Crippen molar-refractivity contribution in [2.24, 2.45) is 11.8 Å². The highest BCUT2D eigenvalue weighted by molar-refractivity contribution is 6.05. The number of alkyl halides is 1. The van der Waals surface area contributed by atoms with Crippen LogP contribution in [0, 0.1) is 11.8 Å². The second-order valence-corrected chi connectivity index (χ2v) is 5.42. The summed E-state index contributed by atoms with van der Waals surface area (Å²) in [5.41, 5.74) is -2.62. The maximum absolute atomic E-state index is 14.0. The van der Waals surface area contributed by atoms with Gasteiger partial charge in [-0.05, 0) is 31.6 Å². The Hall–Kier alpha value is -1.13. The summed E-state index contributed by atoms with van der Waals surface area (Å²) in [4.78, 5) is 23.0. The lowest BCUT2D eigenvalue weighted by Gasteiger charge is -2.33. The molecule has 0 spiro atoms. The van der Waals surface area contributed by atoms with Gasteiger partial charge in [0, 0.05) is 7.05 Å². The molecule has 5 heteroatoms. The van der Waals surface area contributed by atoms with Gasteiger partial charge in [-0.2, -0.15) is 0 Å². The second-order valence-electron chi connectivity index (χ2n) is 5.42. The fraction of sp³-hybridized carbons (Fsp3) is 0.846. The molecule has 1 saturated carbocycles. The Morgan fingerprint density at radius 1 is 1.33 bits per heavy atom. The van der Waals surface area contributed by atoms with Crippen LogP contribution < -0.4 is 5.32 Å². The first kappa shape index (κ1) is 14.9. The van der Waals surface area contributed by atoms with Crippen molar-refractivity contribution in [1.29, 1.82) is 0 Å². The van der Waals surface area contributed by atoms with Crippen molar-refractivity contribution < 1.29 is 18.7 Å². The molecule has 1 amide bonds. The molecular formula is C13H22FNO3. The molecule has 0 radical (unpaired) electrons. The van der Waals surface area contributed by atoms with E-state index in [1.807, 2.05) is 6.92 Å². The lowest BCUT2D eigenvalue weighted by atomic mass is 9.81. The van der Waals surface area contributed by atoms with Crippen LogP contribution in [0.4, 0.5) is 4.39 Å². The van der Waals surface area contributed by atoms with Gasteiger partial charge in [0.25, 0.3) is 11.6 Å². The van der Waals surface area contributed by atoms with E-state index in [1.54, 1.807) is 0 Å². The van der Waals surface area contributed by atoms with Gasteiger partial charge in [0.2, 0.25) is 0 Å². The molecule has 0 aromatic rings. The number of hydrogen-bond acceptors (Lipinski definition) is 3. The van der Waals surface area contributed by atoms with Crippen LogP contribution in [-0.2, 0) is 14.3 Å². The number of halogens is 1. The molecule has 1 aliphatic rings. The van der Waals surface area contributed by atoms with Crippen LogP contribution >= 0.6 is 0 Å². The Morgan fingerprint density at radius 2 is 1.94 bits per heavy atom. The number of carbonyl (C=O) groups is 2. The predicted octanol–water partition coefficient (Wildman–Crippen LogP) is 1.83. The van der Waals surface area contributed by atoms with Crippen LogP contribution in [0.3, 0.4) is 0 Å². The fourth-order valence-electron chi connectivity index (χ4n) is 2.22. The molecule has 0 aliphatic heterocycles. The average molecular weight is 259 g/mol. The number of carbonyl (C=O) groups excluding carboxylic acids is 2. The number of amides is 1. The van der Waals surface area contributed by atoms with Crippen molar-refractivity contribution in [1.82, 2.24) is 5.32 Å². The van der Waals surface area contributed by atoms with Gasteiger partial charge in [0.15, 0.2) is 0 Å². The fourth-order valence-corrected chi connectivity index (χ4v) is 2.22. The normalized spacial score (nSPS) is 31.3. The number of rotatable bonds is 3. The number of ether oxygens (including phenoxy) is 1. The van der Waals surface area contributed by atoms with Crippen molar-refractivity contribution in [2.45, 2.75) is 51.8 Å². The molecule has 0 aromatic heterocycles. The number of esters is 1. The molecule has 4 unspecified atom stereocenters. The molecular weight excluding hydrogens is 237 g/mol. The van der Waals surface area contributed by atoms with E-state index in [1.165, 1.54) is 7.05 Å². The minimum Gasteiger partial charge on any atom is -0.459 e. The molecule has 0 bridgehead atoms. The molecule has 4 nitrogen and oxygen atoms in total. The quantitative estimate of drug-likeness (QED) is 0.621. The zero-order valence-corrected chi connectivity index (χ0v) is 11.5. The summed E-state index contributed by atoms with van der Waals surface area (Å²) >= 11 is 0. The van der Waals surface area contributed by atoms with Gasteiger partial charge in [0.1, 0.15) is 6.10 Å². The SMILES string of the molecule is CNC(=O)C(C)(F)C(=O)OC1CC(C)CCC1C. The first-order valence-electron chi connectivity index (χ1n) is 6.41. The van der Waals surface area contributed by atoms with E-state index >= 15 is 0 Å². The largest absolute Gasteiger partial charge is 0.459 e. The smallest absolute Gasteiger partial charge is 0.353 e. The Kier molecular flexibility index (Phi) is 4.71. The molecule has 18 heavy (non-hydrogen) atoms. The van der Waals surface area contributed by atoms with Crippen LogP contribution in [0.5, 0.6) is 0 Å². The minimum atomic E-state index is -2.62. The van der Waals surface area contributed by atoms with Crippen molar-refractivity contribution in [3.05, 3.63) is 0 Å². The second kappa shape index (κ2) is 5.67. The zero-order chi connectivity index (χ0) is 13.9. The van der Waals surface area contributed by atoms with Crippen LogP contribution in [0.15, 0.2) is 0 Å². The summed E-state index contributed by atoms with van der Waals surface area (Å²) in [7, 11) is 1.29. The van der Waals surface area contributed by atoms with Crippen molar-refractivity contribution >= 4 is 11.9 Å². The van der Waals surface area contributed by atoms with E-state index in [2.05, 4.69) is 12.2 Å². The van der Waals surface area contributed by atoms with Gasteiger partial charge in [-0.15, -0.1) is 0 Å². The highest BCUT2D eigenvalue weighted by atomic mass is 19.1. The molecule has 104 valence electrons. The average Bonchev–Trinajstić information content (AvgIpc) is 2.32. The van der Waals surface area contributed by atoms with Crippen LogP contribution in [-0.4, -0.2) is 30.7 Å². The minimum absolute atomic E-state index is 0.214. The lowest BCUT2D eigenvalue weighted by molar-refractivity contribution is -0.170. The summed E-state index contributed by atoms with van der Waals surface area (Å²) < 4.78 is 19.2. The summed E-state index contributed by atoms with van der Waals surface area (Å²) in [6.45, 7) is 5.00. The summed E-state index contributed by atoms with van der Waals surface area (Å²) in [6.07, 6.45) is 2.50. The van der Waals surface area contributed by atoms with Gasteiger partial charge < -0.3 is 10.1 Å². The molecule has 1 aliphatic carbocycles. The van der Waals surface area contributed by atoms with Crippen LogP contribution in [0.25, 0.3) is 0 Å². The van der Waals surface area contributed by atoms with Crippen molar-refractivity contribution in [3.8, 4) is 0 Å². The molecule has 0 heterocycles. The number of nitrogens with one attached hydrogen (secondary N) is 1. The van der Waals surface area contributed by atoms with Crippen LogP contribution in [0.1, 0.15) is 40.0 Å². The van der Waals surface area contributed by atoms with Gasteiger partial charge in [0.05, 0.1) is 0 Å². The highest BCUT2D eigenvalue weighted by Crippen LogP contribution is 2.31. The van der Waals surface area contributed by atoms with E-state index in [0.717, 1.165) is 26.2 Å². The molecule has 0 aromatic carbocycles. The molecule has 1 rings (SSSR count). The van der Waals surface area contributed by atoms with Gasteiger partial charge >= 0.3 is 5.97 Å². The maximum Gasteiger partial charge on any atom is 0.353 e. The van der Waals surface area contributed by atoms with E-state index in [4.69, 9.17) is 4.74 Å². The van der Waals surface area contributed by atoms with Crippen LogP contribution in [0.2, 0.25) is 0 Å². The molecule has 1 fully saturated rings. The molecule has 1 N–H and O–H groups in total. The van der Waals surface area contributed by atoms with Crippen molar-refractivity contribution in [2.75, 3.05) is 7.05 Å². The standard InChI is InChI=1S/C13H22FNO3/c1-8-5-6-9(2)10(7-8)18-12(17)13(3,14)11(16)15-4/h8-10H,5-7H2,1-4H3,(H,15,16). The molecule has 0 saturated heterocycles. The first-order valence-corrected chi connectivity index (χ1v) is 6.41. The predicted molar refractivity (Wildman–Crippen MR) is 65.6 cm³/mol. The Balaban J connectivity index is 2.66. The van der Waals surface area contributed by atoms with E-state index in [0.29, 0.717) is 5.92 Å². The summed E-state index contributed by atoms with van der Waals surface area (Å²) in [5.74, 6) is -1.38. The van der Waals surface area contributed by atoms with E-state index < -0.39 is 17.5 Å². The lowest BCUT2D eigenvalue weighted by Crippen LogP contribution is -2.48. The monoisotopic (exact) mass is 259 g/mol. The third-order valence-corrected chi connectivity index (χ3v) is 3.68. The van der Waals surface area contributed by atoms with Crippen molar-refractivity contribution in [3.63, 3.8) is 0 Å². The van der Waals surface area contributed by atoms with Gasteiger partial charge in [-0.3, -0.25) is 4.79 Å². The van der Waals surface area contributed by atoms with E-state index in [9.17, 15) is 14.0 Å². The Labute approximate surface area is 107 Å². The Morgan fingerprint density at radius 3 is 2.50 bits per heavy atom. The topological polar surface area (TPSA) is 55.4 Å². The summed E-state index contributed by atoms with van der Waals surface area (Å²) in [5, 5.41) is 2.13. The van der Waals surface area contributed by atoms with Gasteiger partial charge in [-0.25, -0.2) is 9.18 Å². The summed E-state index contributed by atoms with van der Waals surface area (Å²) in [6, 6.07) is 0. The third kappa shape index (κ3) is 3.21. The van der Waals surface area contributed by atoms with Gasteiger partial charge in [-0.1, -0.05) is 20.3 Å². The first-order chi connectivity index (χ1) is 8.28. The zero-order valence-electron chi connectivity index (χ0n) is 11.5. The number of hydrogen-bond donors (Lipinski definition) is 1. The van der Waals surface area contributed by atoms with E-state index in [-0.39, 0.29) is 12.0 Å². The highest BCUT2D eigenvalue weighted by Gasteiger charge is 2.44. The third-order valence-electron chi connectivity index (χ3n) is 3.68. The maximum atomic E-state index is 14.0. The Bertz CT molecular complexity index is 330. The molecule has 4 atom stereocenters.